The maximum absolute atomic E-state index is 12.0. The molecule has 0 spiro atoms. The third-order valence-electron chi connectivity index (χ3n) is 2.36. The van der Waals surface area contributed by atoms with Crippen LogP contribution in [0.1, 0.15) is 37.0 Å². The number of rotatable bonds is 5. The van der Waals surface area contributed by atoms with E-state index < -0.39 is 0 Å². The van der Waals surface area contributed by atoms with Crippen molar-refractivity contribution in [1.29, 1.82) is 0 Å². The van der Waals surface area contributed by atoms with Gasteiger partial charge in [0.15, 0.2) is 0 Å². The fraction of sp³-hybridized carbons (Fsp3) is 0.500. The van der Waals surface area contributed by atoms with Crippen LogP contribution in [0.3, 0.4) is 0 Å². The van der Waals surface area contributed by atoms with Gasteiger partial charge in [-0.2, -0.15) is 0 Å². The van der Waals surface area contributed by atoms with E-state index in [0.29, 0.717) is 5.56 Å². The van der Waals surface area contributed by atoms with Gasteiger partial charge in [-0.05, 0) is 25.5 Å². The highest BCUT2D eigenvalue weighted by Crippen LogP contribution is 2.04. The van der Waals surface area contributed by atoms with E-state index >= 15 is 0 Å². The molecule has 0 aromatic carbocycles. The number of hydrogen-bond donors (Lipinski definition) is 0. The monoisotopic (exact) mass is 206 g/mol. The van der Waals surface area contributed by atoms with E-state index in [1.54, 1.807) is 18.5 Å². The Labute approximate surface area is 91.1 Å². The Kier molecular flexibility index (Phi) is 4.81. The Morgan fingerprint density at radius 2 is 2.27 bits per heavy atom. The van der Waals surface area contributed by atoms with Gasteiger partial charge in [0.05, 0.1) is 5.56 Å². The molecule has 1 aromatic rings. The van der Waals surface area contributed by atoms with E-state index in [0.717, 1.165) is 25.9 Å². The van der Waals surface area contributed by atoms with Gasteiger partial charge in [-0.25, -0.2) is 0 Å². The first-order valence-corrected chi connectivity index (χ1v) is 5.48. The van der Waals surface area contributed by atoms with Crippen LogP contribution in [0.4, 0.5) is 0 Å². The molecule has 0 aliphatic heterocycles. The molecule has 0 aliphatic carbocycles. The summed E-state index contributed by atoms with van der Waals surface area (Å²) in [7, 11) is 0. The number of carbonyl (C=O) groups is 1. The fourth-order valence-corrected chi connectivity index (χ4v) is 1.42. The molecule has 0 N–H and O–H groups in total. The number of amides is 1. The number of unbranched alkanes of at least 4 members (excludes halogenated alkanes) is 1. The Morgan fingerprint density at radius 3 is 2.80 bits per heavy atom. The maximum Gasteiger partial charge on any atom is 0.255 e. The van der Waals surface area contributed by atoms with E-state index in [2.05, 4.69) is 11.9 Å². The van der Waals surface area contributed by atoms with Gasteiger partial charge in [0.25, 0.3) is 5.91 Å². The van der Waals surface area contributed by atoms with Crippen LogP contribution in [0, 0.1) is 0 Å². The first-order chi connectivity index (χ1) is 7.29. The number of aromatic nitrogens is 1. The highest BCUT2D eigenvalue weighted by molar-refractivity contribution is 5.93. The van der Waals surface area contributed by atoms with E-state index in [-0.39, 0.29) is 5.91 Å². The molecule has 3 nitrogen and oxygen atoms in total. The highest BCUT2D eigenvalue weighted by Gasteiger charge is 2.12. The van der Waals surface area contributed by atoms with Gasteiger partial charge in [-0.3, -0.25) is 9.78 Å². The van der Waals surface area contributed by atoms with Crippen LogP contribution in [-0.4, -0.2) is 28.9 Å². The minimum absolute atomic E-state index is 0.0825. The van der Waals surface area contributed by atoms with Crippen molar-refractivity contribution in [3.05, 3.63) is 30.1 Å². The number of nitrogens with zero attached hydrogens (tertiary/aromatic N) is 2. The zero-order valence-corrected chi connectivity index (χ0v) is 9.44. The molecule has 1 heterocycles. The second kappa shape index (κ2) is 6.17. The lowest BCUT2D eigenvalue weighted by molar-refractivity contribution is 0.0762. The Bertz CT molecular complexity index is 298. The Balaban J connectivity index is 2.65. The molecule has 0 atom stereocenters. The topological polar surface area (TPSA) is 33.2 Å². The Hall–Kier alpha value is -1.38. The number of pyridine rings is 1. The van der Waals surface area contributed by atoms with Crippen molar-refractivity contribution in [3.63, 3.8) is 0 Å². The van der Waals surface area contributed by atoms with Gasteiger partial charge < -0.3 is 4.90 Å². The van der Waals surface area contributed by atoms with Crippen LogP contribution in [0.5, 0.6) is 0 Å². The summed E-state index contributed by atoms with van der Waals surface area (Å²) in [6.45, 7) is 5.72. The summed E-state index contributed by atoms with van der Waals surface area (Å²) in [5.41, 5.74) is 0.676. The van der Waals surface area contributed by atoms with Gasteiger partial charge >= 0.3 is 0 Å². The van der Waals surface area contributed by atoms with Gasteiger partial charge in [-0.15, -0.1) is 0 Å². The minimum atomic E-state index is 0.0825. The van der Waals surface area contributed by atoms with Crippen LogP contribution in [0.15, 0.2) is 24.5 Å². The maximum atomic E-state index is 12.0. The van der Waals surface area contributed by atoms with Gasteiger partial charge in [0.2, 0.25) is 0 Å². The predicted molar refractivity (Wildman–Crippen MR) is 60.7 cm³/mol. The second-order valence-corrected chi connectivity index (χ2v) is 3.48. The molecule has 1 aromatic heterocycles. The fourth-order valence-electron chi connectivity index (χ4n) is 1.42. The van der Waals surface area contributed by atoms with Crippen LogP contribution < -0.4 is 0 Å². The summed E-state index contributed by atoms with van der Waals surface area (Å²) in [6.07, 6.45) is 5.46. The molecule has 0 saturated carbocycles. The molecule has 0 unspecified atom stereocenters. The largest absolute Gasteiger partial charge is 0.339 e. The second-order valence-electron chi connectivity index (χ2n) is 3.48. The van der Waals surface area contributed by atoms with Crippen molar-refractivity contribution in [1.82, 2.24) is 9.88 Å². The summed E-state index contributed by atoms with van der Waals surface area (Å²) in [4.78, 5) is 17.8. The molecule has 0 saturated heterocycles. The van der Waals surface area contributed by atoms with Gasteiger partial charge in [-0.1, -0.05) is 13.3 Å². The number of carbonyl (C=O) groups excluding carboxylic acids is 1. The number of hydrogen-bond acceptors (Lipinski definition) is 2. The smallest absolute Gasteiger partial charge is 0.255 e. The first-order valence-electron chi connectivity index (χ1n) is 5.48. The summed E-state index contributed by atoms with van der Waals surface area (Å²) in [5.74, 6) is 0.0825. The van der Waals surface area contributed by atoms with Gasteiger partial charge in [0.1, 0.15) is 0 Å². The molecule has 0 bridgehead atoms. The quantitative estimate of drug-likeness (QED) is 0.741. The summed E-state index contributed by atoms with van der Waals surface area (Å²) in [5, 5.41) is 0. The molecule has 82 valence electrons. The highest BCUT2D eigenvalue weighted by atomic mass is 16.2. The van der Waals surface area contributed by atoms with E-state index in [1.165, 1.54) is 0 Å². The molecular formula is C12H18N2O. The van der Waals surface area contributed by atoms with E-state index in [1.807, 2.05) is 17.9 Å². The Morgan fingerprint density at radius 1 is 1.47 bits per heavy atom. The standard InChI is InChI=1S/C12H18N2O/c1-3-5-9-14(4-2)12(15)11-7-6-8-13-10-11/h6-8,10H,3-5,9H2,1-2H3. The molecule has 1 amide bonds. The SMILES string of the molecule is CCCCN(CC)C(=O)c1cccnc1. The lowest BCUT2D eigenvalue weighted by Gasteiger charge is -2.20. The van der Waals surface area contributed by atoms with Crippen molar-refractivity contribution in [2.24, 2.45) is 0 Å². The van der Waals surface area contributed by atoms with Crippen molar-refractivity contribution in [2.75, 3.05) is 13.1 Å². The molecule has 15 heavy (non-hydrogen) atoms. The lowest BCUT2D eigenvalue weighted by Crippen LogP contribution is -2.31. The molecule has 0 aliphatic rings. The normalized spacial score (nSPS) is 10.0. The third kappa shape index (κ3) is 3.35. The minimum Gasteiger partial charge on any atom is -0.339 e. The summed E-state index contributed by atoms with van der Waals surface area (Å²) >= 11 is 0. The summed E-state index contributed by atoms with van der Waals surface area (Å²) in [6, 6.07) is 3.60. The van der Waals surface area contributed by atoms with Gasteiger partial charge in [0, 0.05) is 25.5 Å². The zero-order valence-electron chi connectivity index (χ0n) is 9.44. The average molecular weight is 206 g/mol. The zero-order chi connectivity index (χ0) is 11.1. The molecule has 0 radical (unpaired) electrons. The van der Waals surface area contributed by atoms with Crippen molar-refractivity contribution in [3.8, 4) is 0 Å². The lowest BCUT2D eigenvalue weighted by atomic mass is 10.2. The average Bonchev–Trinajstić information content (AvgIpc) is 2.31. The third-order valence-corrected chi connectivity index (χ3v) is 2.36. The molecule has 0 fully saturated rings. The van der Waals surface area contributed by atoms with Crippen molar-refractivity contribution in [2.45, 2.75) is 26.7 Å². The molecular weight excluding hydrogens is 188 g/mol. The van der Waals surface area contributed by atoms with Crippen LogP contribution in [0.2, 0.25) is 0 Å². The first kappa shape index (κ1) is 11.7. The van der Waals surface area contributed by atoms with Crippen LogP contribution in [0.25, 0.3) is 0 Å². The summed E-state index contributed by atoms with van der Waals surface area (Å²) < 4.78 is 0. The van der Waals surface area contributed by atoms with Crippen molar-refractivity contribution >= 4 is 5.91 Å². The predicted octanol–water partition coefficient (Wildman–Crippen LogP) is 2.34. The van der Waals surface area contributed by atoms with Crippen LogP contribution >= 0.6 is 0 Å². The molecule has 1 rings (SSSR count). The van der Waals surface area contributed by atoms with Crippen molar-refractivity contribution < 1.29 is 4.79 Å². The van der Waals surface area contributed by atoms with E-state index in [4.69, 9.17) is 0 Å². The van der Waals surface area contributed by atoms with Crippen LogP contribution in [-0.2, 0) is 0 Å². The molecule has 3 heteroatoms. The van der Waals surface area contributed by atoms with E-state index in [9.17, 15) is 4.79 Å².